The molecule has 0 N–H and O–H groups in total. The number of halogens is 1. The van der Waals surface area contributed by atoms with E-state index in [9.17, 15) is 4.79 Å². The van der Waals surface area contributed by atoms with E-state index in [4.69, 9.17) is 10.3 Å². The highest BCUT2D eigenvalue weighted by Crippen LogP contribution is 2.35. The molecule has 1 aliphatic heterocycles. The lowest BCUT2D eigenvalue weighted by atomic mass is 9.97. The van der Waals surface area contributed by atoms with Crippen molar-refractivity contribution >= 4 is 34.4 Å². The van der Waals surface area contributed by atoms with Crippen LogP contribution in [-0.4, -0.2) is 47.7 Å². The Bertz CT molecular complexity index is 774. The number of benzene rings is 1. The number of azide groups is 1. The van der Waals surface area contributed by atoms with Gasteiger partial charge in [0.1, 0.15) is 5.60 Å². The second kappa shape index (κ2) is 8.67. The molecule has 0 spiro atoms. The number of piperazine rings is 1. The molecule has 0 radical (unpaired) electrons. The molecular formula is C19H28IN5O2. The normalized spacial score (nSPS) is 15.4. The molecule has 0 unspecified atom stereocenters. The van der Waals surface area contributed by atoms with Crippen LogP contribution in [0.15, 0.2) is 5.11 Å². The van der Waals surface area contributed by atoms with Gasteiger partial charge in [-0.15, -0.1) is 0 Å². The van der Waals surface area contributed by atoms with Crippen LogP contribution in [0.25, 0.3) is 10.4 Å². The van der Waals surface area contributed by atoms with E-state index in [0.717, 1.165) is 40.0 Å². The molecule has 2 rings (SSSR count). The van der Waals surface area contributed by atoms with Crippen molar-refractivity contribution in [2.45, 2.75) is 53.7 Å². The van der Waals surface area contributed by atoms with E-state index in [1.165, 1.54) is 11.1 Å². The Kier molecular flexibility index (Phi) is 6.99. The molecule has 1 heterocycles. The fraction of sp³-hybridized carbons (Fsp3) is 0.632. The maximum Gasteiger partial charge on any atom is 0.410 e. The van der Waals surface area contributed by atoms with Crippen molar-refractivity contribution in [1.29, 1.82) is 0 Å². The molecule has 0 aromatic heterocycles. The smallest absolute Gasteiger partial charge is 0.410 e. The minimum atomic E-state index is -0.474. The molecule has 0 atom stereocenters. The van der Waals surface area contributed by atoms with Crippen LogP contribution in [-0.2, 0) is 11.3 Å². The van der Waals surface area contributed by atoms with Crippen molar-refractivity contribution in [1.82, 2.24) is 9.80 Å². The molecule has 1 aromatic rings. The van der Waals surface area contributed by atoms with Crippen LogP contribution in [0.4, 0.5) is 10.5 Å². The zero-order valence-electron chi connectivity index (χ0n) is 17.0. The van der Waals surface area contributed by atoms with Gasteiger partial charge in [0.15, 0.2) is 0 Å². The second-order valence-corrected chi connectivity index (χ2v) is 9.03. The molecule has 1 amide bonds. The van der Waals surface area contributed by atoms with Gasteiger partial charge >= 0.3 is 6.09 Å². The zero-order valence-corrected chi connectivity index (χ0v) is 19.1. The van der Waals surface area contributed by atoms with E-state index in [1.807, 2.05) is 34.6 Å². The van der Waals surface area contributed by atoms with E-state index < -0.39 is 5.60 Å². The Morgan fingerprint density at radius 2 is 1.74 bits per heavy atom. The maximum absolute atomic E-state index is 12.2. The van der Waals surface area contributed by atoms with E-state index >= 15 is 0 Å². The van der Waals surface area contributed by atoms with Crippen LogP contribution in [0.1, 0.15) is 43.0 Å². The van der Waals surface area contributed by atoms with Gasteiger partial charge in [0.05, 0.1) is 0 Å². The third-order valence-electron chi connectivity index (χ3n) is 4.82. The van der Waals surface area contributed by atoms with Crippen LogP contribution in [0.3, 0.4) is 0 Å². The summed E-state index contributed by atoms with van der Waals surface area (Å²) in [5.41, 5.74) is 13.7. The van der Waals surface area contributed by atoms with Gasteiger partial charge in [0, 0.05) is 46.9 Å². The quantitative estimate of drug-likeness (QED) is 0.255. The average Bonchev–Trinajstić information content (AvgIpc) is 2.60. The Labute approximate surface area is 174 Å². The number of hydrogen-bond donors (Lipinski definition) is 0. The second-order valence-electron chi connectivity index (χ2n) is 7.95. The molecule has 0 aliphatic carbocycles. The summed E-state index contributed by atoms with van der Waals surface area (Å²) < 4.78 is 6.60. The number of hydrogen-bond acceptors (Lipinski definition) is 4. The number of ether oxygens (including phenoxy) is 1. The molecule has 1 fully saturated rings. The lowest BCUT2D eigenvalue weighted by Gasteiger charge is -2.36. The maximum atomic E-state index is 12.2. The molecule has 148 valence electrons. The fourth-order valence-corrected chi connectivity index (χ4v) is 3.87. The van der Waals surface area contributed by atoms with Crippen molar-refractivity contribution in [3.63, 3.8) is 0 Å². The lowest BCUT2D eigenvalue weighted by molar-refractivity contribution is 0.0138. The highest BCUT2D eigenvalue weighted by Gasteiger charge is 2.26. The zero-order chi connectivity index (χ0) is 20.4. The molecule has 7 nitrogen and oxygen atoms in total. The Morgan fingerprint density at radius 3 is 2.26 bits per heavy atom. The SMILES string of the molecule is Cc1c(I)c(C)c(N=[N+]=[N-])c(C)c1CN1CCN(C(=O)OC(C)(C)C)CC1. The lowest BCUT2D eigenvalue weighted by Crippen LogP contribution is -2.49. The summed E-state index contributed by atoms with van der Waals surface area (Å²) in [6.07, 6.45) is -0.245. The van der Waals surface area contributed by atoms with Gasteiger partial charge in [-0.2, -0.15) is 0 Å². The Morgan fingerprint density at radius 1 is 1.15 bits per heavy atom. The van der Waals surface area contributed by atoms with E-state index in [-0.39, 0.29) is 6.09 Å². The first-order chi connectivity index (χ1) is 12.5. The summed E-state index contributed by atoms with van der Waals surface area (Å²) in [4.78, 5) is 19.3. The molecule has 27 heavy (non-hydrogen) atoms. The number of carbonyl (C=O) groups excluding carboxylic acids is 1. The molecule has 1 aliphatic rings. The van der Waals surface area contributed by atoms with Crippen LogP contribution >= 0.6 is 22.6 Å². The monoisotopic (exact) mass is 485 g/mol. The molecular weight excluding hydrogens is 457 g/mol. The molecule has 1 aromatic carbocycles. The standard InChI is InChI=1S/C19H28IN5O2/c1-12-15(13(2)17(22-23-21)14(3)16(12)20)11-24-7-9-25(10-8-24)18(26)27-19(4,5)6/h7-11H2,1-6H3. The predicted octanol–water partition coefficient (Wildman–Crippen LogP) is 5.21. The van der Waals surface area contributed by atoms with Crippen LogP contribution in [0.2, 0.25) is 0 Å². The first kappa shape index (κ1) is 21.8. The van der Waals surface area contributed by atoms with Gasteiger partial charge in [0.25, 0.3) is 0 Å². The fourth-order valence-electron chi connectivity index (χ4n) is 3.29. The van der Waals surface area contributed by atoms with Gasteiger partial charge in [-0.25, -0.2) is 4.79 Å². The van der Waals surface area contributed by atoms with Gasteiger partial charge in [0.2, 0.25) is 0 Å². The summed E-state index contributed by atoms with van der Waals surface area (Å²) in [5, 5.41) is 3.92. The van der Waals surface area contributed by atoms with Crippen molar-refractivity contribution in [2.75, 3.05) is 26.2 Å². The van der Waals surface area contributed by atoms with Gasteiger partial charge in [-0.3, -0.25) is 4.90 Å². The third kappa shape index (κ3) is 5.27. The summed E-state index contributed by atoms with van der Waals surface area (Å²) in [7, 11) is 0. The third-order valence-corrected chi connectivity index (χ3v) is 6.44. The van der Waals surface area contributed by atoms with Crippen LogP contribution in [0.5, 0.6) is 0 Å². The van der Waals surface area contributed by atoms with Gasteiger partial charge in [-0.1, -0.05) is 5.11 Å². The van der Waals surface area contributed by atoms with Crippen molar-refractivity contribution in [3.8, 4) is 0 Å². The number of amides is 1. The van der Waals surface area contributed by atoms with E-state index in [2.05, 4.69) is 44.4 Å². The molecule has 8 heteroatoms. The topological polar surface area (TPSA) is 81.5 Å². The molecule has 0 saturated carbocycles. The predicted molar refractivity (Wildman–Crippen MR) is 115 cm³/mol. The highest BCUT2D eigenvalue weighted by atomic mass is 127. The molecule has 1 saturated heterocycles. The Hall–Kier alpha value is -1.51. The summed E-state index contributed by atoms with van der Waals surface area (Å²) >= 11 is 2.32. The summed E-state index contributed by atoms with van der Waals surface area (Å²) in [6.45, 7) is 15.4. The van der Waals surface area contributed by atoms with E-state index in [0.29, 0.717) is 13.1 Å². The first-order valence-electron chi connectivity index (χ1n) is 9.08. The van der Waals surface area contributed by atoms with Crippen molar-refractivity contribution in [3.05, 3.63) is 36.3 Å². The van der Waals surface area contributed by atoms with Crippen LogP contribution < -0.4 is 0 Å². The van der Waals surface area contributed by atoms with E-state index in [1.54, 1.807) is 4.90 Å². The first-order valence-corrected chi connectivity index (χ1v) is 10.2. The minimum Gasteiger partial charge on any atom is -0.444 e. The van der Waals surface area contributed by atoms with Crippen molar-refractivity contribution in [2.24, 2.45) is 5.11 Å². The highest BCUT2D eigenvalue weighted by molar-refractivity contribution is 14.1. The summed E-state index contributed by atoms with van der Waals surface area (Å²) in [5.74, 6) is 0. The van der Waals surface area contributed by atoms with Crippen LogP contribution in [0, 0.1) is 24.3 Å². The largest absolute Gasteiger partial charge is 0.444 e. The Balaban J connectivity index is 2.12. The molecule has 0 bridgehead atoms. The number of rotatable bonds is 3. The van der Waals surface area contributed by atoms with Crippen molar-refractivity contribution < 1.29 is 9.53 Å². The van der Waals surface area contributed by atoms with Gasteiger partial charge in [-0.05, 0) is 91.9 Å². The number of carbonyl (C=O) groups is 1. The van der Waals surface area contributed by atoms with Gasteiger partial charge < -0.3 is 9.64 Å². The minimum absolute atomic E-state index is 0.245. The number of nitrogens with zero attached hydrogens (tertiary/aromatic N) is 5. The summed E-state index contributed by atoms with van der Waals surface area (Å²) in [6, 6.07) is 0. The average molecular weight is 485 g/mol.